The van der Waals surface area contributed by atoms with E-state index in [1.165, 1.54) is 0 Å². The van der Waals surface area contributed by atoms with Crippen LogP contribution in [0.4, 0.5) is 5.69 Å². The van der Waals surface area contributed by atoms with E-state index in [0.717, 1.165) is 19.5 Å². The number of halogens is 3. The summed E-state index contributed by atoms with van der Waals surface area (Å²) in [5, 5.41) is 7.07. The third kappa shape index (κ3) is 3.99. The lowest BCUT2D eigenvalue weighted by atomic mass is 10.3. The highest BCUT2D eigenvalue weighted by Gasteiger charge is 2.23. The van der Waals surface area contributed by atoms with Gasteiger partial charge >= 0.3 is 0 Å². The maximum absolute atomic E-state index is 12.0. The summed E-state index contributed by atoms with van der Waals surface area (Å²) in [6.45, 7) is 2.10. The molecule has 1 aromatic carbocycles. The van der Waals surface area contributed by atoms with Crippen molar-refractivity contribution in [3.63, 3.8) is 0 Å². The Kier molecular flexibility index (Phi) is 5.52. The van der Waals surface area contributed by atoms with Gasteiger partial charge in [0.25, 0.3) is 0 Å². The molecule has 0 aliphatic carbocycles. The second-order valence-corrected chi connectivity index (χ2v) is 6.05. The molecule has 7 heteroatoms. The Hall–Kier alpha value is -0.520. The average molecular weight is 337 g/mol. The molecule has 110 valence electrons. The first-order chi connectivity index (χ1) is 9.49. The first kappa shape index (κ1) is 15.9. The van der Waals surface area contributed by atoms with Gasteiger partial charge < -0.3 is 10.6 Å². The number of hydrogen-bond donors (Lipinski definition) is 2. The molecule has 4 nitrogen and oxygen atoms in total. The molecule has 1 aromatic rings. The predicted octanol–water partition coefficient (Wildman–Crippen LogP) is 2.88. The Morgan fingerprint density at radius 1 is 1.35 bits per heavy atom. The van der Waals surface area contributed by atoms with Crippen LogP contribution in [0.5, 0.6) is 0 Å². The molecule has 2 N–H and O–H groups in total. The summed E-state index contributed by atoms with van der Waals surface area (Å²) in [6.07, 6.45) is 1.05. The van der Waals surface area contributed by atoms with Crippen LogP contribution in [-0.4, -0.2) is 43.5 Å². The number of carbonyl (C=O) groups excluding carboxylic acids is 1. The summed E-state index contributed by atoms with van der Waals surface area (Å²) in [4.78, 5) is 14.1. The lowest BCUT2D eigenvalue weighted by Gasteiger charge is -2.16. The van der Waals surface area contributed by atoms with Gasteiger partial charge in [0.15, 0.2) is 0 Å². The third-order valence-electron chi connectivity index (χ3n) is 3.32. The molecule has 1 unspecified atom stereocenters. The Morgan fingerprint density at radius 2 is 2.00 bits per heavy atom. The minimum absolute atomic E-state index is 0.132. The van der Waals surface area contributed by atoms with E-state index in [9.17, 15) is 4.79 Å². The molecule has 0 aromatic heterocycles. The zero-order valence-corrected chi connectivity index (χ0v) is 13.3. The summed E-state index contributed by atoms with van der Waals surface area (Å²) >= 11 is 17.9. The largest absolute Gasteiger partial charge is 0.322 e. The molecule has 0 saturated carbocycles. The molecule has 0 bridgehead atoms. The number of nitrogens with zero attached hydrogens (tertiary/aromatic N) is 1. The van der Waals surface area contributed by atoms with Crippen molar-refractivity contribution >= 4 is 46.4 Å². The summed E-state index contributed by atoms with van der Waals surface area (Å²) < 4.78 is 0. The normalized spacial score (nSPS) is 19.3. The van der Waals surface area contributed by atoms with Gasteiger partial charge in [0, 0.05) is 24.2 Å². The molecule has 0 radical (unpaired) electrons. The molecular weight excluding hydrogens is 321 g/mol. The van der Waals surface area contributed by atoms with Gasteiger partial charge in [0.05, 0.1) is 22.3 Å². The van der Waals surface area contributed by atoms with Crippen molar-refractivity contribution in [3.05, 3.63) is 27.2 Å². The van der Waals surface area contributed by atoms with Gasteiger partial charge in [0.1, 0.15) is 0 Å². The number of nitrogens with one attached hydrogen (secondary N) is 2. The fourth-order valence-electron chi connectivity index (χ4n) is 2.26. The maximum Gasteiger partial charge on any atom is 0.238 e. The molecule has 1 atom stereocenters. The SMILES string of the molecule is CNC1CCN(CC(=O)Nc2c(Cl)cc(Cl)cc2Cl)C1. The highest BCUT2D eigenvalue weighted by molar-refractivity contribution is 6.42. The number of anilines is 1. The van der Waals surface area contributed by atoms with E-state index in [1.807, 2.05) is 7.05 Å². The van der Waals surface area contributed by atoms with Crippen LogP contribution in [0.3, 0.4) is 0 Å². The van der Waals surface area contributed by atoms with Crippen molar-refractivity contribution in [2.45, 2.75) is 12.5 Å². The van der Waals surface area contributed by atoms with Crippen molar-refractivity contribution in [1.82, 2.24) is 10.2 Å². The molecule has 20 heavy (non-hydrogen) atoms. The van der Waals surface area contributed by atoms with E-state index in [1.54, 1.807) is 12.1 Å². The quantitative estimate of drug-likeness (QED) is 0.888. The molecule has 0 spiro atoms. The number of hydrogen-bond acceptors (Lipinski definition) is 3. The number of likely N-dealkylation sites (tertiary alicyclic amines) is 1. The molecule has 1 heterocycles. The number of rotatable bonds is 4. The summed E-state index contributed by atoms with van der Waals surface area (Å²) in [7, 11) is 1.93. The van der Waals surface area contributed by atoms with Crippen molar-refractivity contribution < 1.29 is 4.79 Å². The van der Waals surface area contributed by atoms with Crippen molar-refractivity contribution in [3.8, 4) is 0 Å². The first-order valence-corrected chi connectivity index (χ1v) is 7.47. The van der Waals surface area contributed by atoms with Crippen molar-refractivity contribution in [1.29, 1.82) is 0 Å². The topological polar surface area (TPSA) is 44.4 Å². The maximum atomic E-state index is 12.0. The first-order valence-electron chi connectivity index (χ1n) is 6.33. The second kappa shape index (κ2) is 6.96. The smallest absolute Gasteiger partial charge is 0.238 e. The highest BCUT2D eigenvalue weighted by atomic mass is 35.5. The lowest BCUT2D eigenvalue weighted by molar-refractivity contribution is -0.117. The third-order valence-corrected chi connectivity index (χ3v) is 4.13. The van der Waals surface area contributed by atoms with Gasteiger partial charge in [-0.3, -0.25) is 9.69 Å². The lowest BCUT2D eigenvalue weighted by Crippen LogP contribution is -2.34. The molecule has 1 fully saturated rings. The van der Waals surface area contributed by atoms with Gasteiger partial charge in [0.2, 0.25) is 5.91 Å². The Labute approximate surface area is 133 Å². The molecule has 1 amide bonds. The minimum atomic E-state index is -0.132. The van der Waals surface area contributed by atoms with Gasteiger partial charge in [-0.15, -0.1) is 0 Å². The van der Waals surface area contributed by atoms with E-state index in [2.05, 4.69) is 15.5 Å². The Bertz CT molecular complexity index is 487. The summed E-state index contributed by atoms with van der Waals surface area (Å²) in [6, 6.07) is 3.56. The van der Waals surface area contributed by atoms with Crippen LogP contribution in [0.2, 0.25) is 15.1 Å². The Balaban J connectivity index is 1.95. The fraction of sp³-hybridized carbons (Fsp3) is 0.462. The minimum Gasteiger partial charge on any atom is -0.322 e. The van der Waals surface area contributed by atoms with E-state index in [0.29, 0.717) is 33.3 Å². The van der Waals surface area contributed by atoms with E-state index < -0.39 is 0 Å². The summed E-state index contributed by atoms with van der Waals surface area (Å²) in [5.74, 6) is -0.132. The van der Waals surface area contributed by atoms with Crippen LogP contribution in [0, 0.1) is 0 Å². The molecule has 2 rings (SSSR count). The zero-order chi connectivity index (χ0) is 14.7. The highest BCUT2D eigenvalue weighted by Crippen LogP contribution is 2.33. The van der Waals surface area contributed by atoms with Crippen LogP contribution in [0.15, 0.2) is 12.1 Å². The number of benzene rings is 1. The van der Waals surface area contributed by atoms with Crippen LogP contribution < -0.4 is 10.6 Å². The molecule has 1 saturated heterocycles. The van der Waals surface area contributed by atoms with E-state index in [-0.39, 0.29) is 5.91 Å². The van der Waals surface area contributed by atoms with Crippen LogP contribution >= 0.6 is 34.8 Å². The Morgan fingerprint density at radius 3 is 2.55 bits per heavy atom. The number of amides is 1. The number of carbonyl (C=O) groups is 1. The summed E-state index contributed by atoms with van der Waals surface area (Å²) in [5.41, 5.74) is 0.409. The van der Waals surface area contributed by atoms with Crippen LogP contribution in [0.1, 0.15) is 6.42 Å². The van der Waals surface area contributed by atoms with Gasteiger partial charge in [-0.25, -0.2) is 0 Å². The number of likely N-dealkylation sites (N-methyl/N-ethyl adjacent to an activating group) is 1. The average Bonchev–Trinajstić information content (AvgIpc) is 2.81. The van der Waals surface area contributed by atoms with Crippen LogP contribution in [-0.2, 0) is 4.79 Å². The van der Waals surface area contributed by atoms with Gasteiger partial charge in [-0.2, -0.15) is 0 Å². The molecule has 1 aliphatic heterocycles. The van der Waals surface area contributed by atoms with E-state index in [4.69, 9.17) is 34.8 Å². The predicted molar refractivity (Wildman–Crippen MR) is 84.0 cm³/mol. The standard InChI is InChI=1S/C13H16Cl3N3O/c1-17-9-2-3-19(6-9)7-12(20)18-13-10(15)4-8(14)5-11(13)16/h4-5,9,17H,2-3,6-7H2,1H3,(H,18,20). The van der Waals surface area contributed by atoms with Gasteiger partial charge in [-0.1, -0.05) is 34.8 Å². The zero-order valence-electron chi connectivity index (χ0n) is 11.0. The monoisotopic (exact) mass is 335 g/mol. The second-order valence-electron chi connectivity index (χ2n) is 4.80. The van der Waals surface area contributed by atoms with Gasteiger partial charge in [-0.05, 0) is 25.6 Å². The van der Waals surface area contributed by atoms with Crippen LogP contribution in [0.25, 0.3) is 0 Å². The fourth-order valence-corrected chi connectivity index (χ4v) is 3.17. The van der Waals surface area contributed by atoms with Crippen molar-refractivity contribution in [2.24, 2.45) is 0 Å². The molecular formula is C13H16Cl3N3O. The molecule has 1 aliphatic rings. The van der Waals surface area contributed by atoms with E-state index >= 15 is 0 Å². The van der Waals surface area contributed by atoms with Crippen molar-refractivity contribution in [2.75, 3.05) is 32.0 Å².